The van der Waals surface area contributed by atoms with E-state index in [2.05, 4.69) is 0 Å². The molecule has 1 aliphatic rings. The van der Waals surface area contributed by atoms with Crippen LogP contribution < -0.4 is 0 Å². The number of likely N-dealkylation sites (tertiary alicyclic amines) is 1. The van der Waals surface area contributed by atoms with Crippen molar-refractivity contribution >= 4 is 0 Å². The van der Waals surface area contributed by atoms with Crippen LogP contribution in [0.5, 0.6) is 0 Å². The first-order valence-electron chi connectivity index (χ1n) is 7.14. The van der Waals surface area contributed by atoms with Crippen LogP contribution in [0.3, 0.4) is 0 Å². The fourth-order valence-corrected chi connectivity index (χ4v) is 2.94. The van der Waals surface area contributed by atoms with Crippen LogP contribution >= 0.6 is 0 Å². The van der Waals surface area contributed by atoms with Crippen LogP contribution in [0.15, 0.2) is 41.9 Å². The van der Waals surface area contributed by atoms with Crippen molar-refractivity contribution in [2.24, 2.45) is 5.92 Å². The largest absolute Gasteiger partial charge is 0.362 e. The minimum atomic E-state index is -0.473. The number of nitrogens with zero attached hydrogens (tertiary/aromatic N) is 1. The first-order valence-corrected chi connectivity index (χ1v) is 7.14. The maximum Gasteiger partial charge on any atom is 0.128 e. The zero-order valence-corrected chi connectivity index (χ0v) is 12.5. The molecule has 1 aromatic rings. The highest BCUT2D eigenvalue weighted by molar-refractivity contribution is 5.29. The number of hydrogen-bond acceptors (Lipinski definition) is 1. The van der Waals surface area contributed by atoms with E-state index in [-0.39, 0.29) is 17.8 Å². The smallest absolute Gasteiger partial charge is 0.128 e. The van der Waals surface area contributed by atoms with Gasteiger partial charge in [0.25, 0.3) is 0 Å². The summed E-state index contributed by atoms with van der Waals surface area (Å²) in [5.74, 6) is -0.947. The molecular formula is C17H20F3N. The van der Waals surface area contributed by atoms with Gasteiger partial charge < -0.3 is 4.90 Å². The summed E-state index contributed by atoms with van der Waals surface area (Å²) in [5, 5.41) is 0. The fraction of sp³-hybridized carbons (Fsp3) is 0.412. The van der Waals surface area contributed by atoms with Crippen LogP contribution in [0.25, 0.3) is 0 Å². The molecule has 2 unspecified atom stereocenters. The summed E-state index contributed by atoms with van der Waals surface area (Å²) in [6.07, 6.45) is 4.10. The number of halogens is 3. The summed E-state index contributed by atoms with van der Waals surface area (Å²) >= 11 is 0. The molecule has 4 heteroatoms. The maximum atomic E-state index is 14.1. The number of rotatable bonds is 3. The molecule has 0 bridgehead atoms. The molecule has 0 aliphatic carbocycles. The van der Waals surface area contributed by atoms with Gasteiger partial charge in [-0.3, -0.25) is 0 Å². The van der Waals surface area contributed by atoms with Gasteiger partial charge in [0, 0.05) is 12.1 Å². The highest BCUT2D eigenvalue weighted by atomic mass is 19.1. The van der Waals surface area contributed by atoms with Crippen molar-refractivity contribution < 1.29 is 13.2 Å². The minimum Gasteiger partial charge on any atom is -0.362 e. The molecule has 1 heterocycles. The Balaban J connectivity index is 2.46. The predicted molar refractivity (Wildman–Crippen MR) is 78.2 cm³/mol. The Kier molecular flexibility index (Phi) is 4.76. The fourth-order valence-electron chi connectivity index (χ4n) is 2.94. The van der Waals surface area contributed by atoms with Gasteiger partial charge in [0.15, 0.2) is 0 Å². The van der Waals surface area contributed by atoms with Gasteiger partial charge in [0.2, 0.25) is 0 Å². The van der Waals surface area contributed by atoms with Crippen LogP contribution in [0.2, 0.25) is 0 Å². The molecule has 2 atom stereocenters. The van der Waals surface area contributed by atoms with Crippen LogP contribution in [-0.4, -0.2) is 11.4 Å². The van der Waals surface area contributed by atoms with Gasteiger partial charge in [-0.1, -0.05) is 13.0 Å². The Morgan fingerprint density at radius 1 is 1.33 bits per heavy atom. The lowest BCUT2D eigenvalue weighted by molar-refractivity contribution is 0.314. The highest BCUT2D eigenvalue weighted by Crippen LogP contribution is 2.40. The SMILES string of the molecule is CC=CC(=C(C)F)N1CC(C)CC1c1cc(F)ccc1F. The van der Waals surface area contributed by atoms with Crippen molar-refractivity contribution in [1.29, 1.82) is 0 Å². The lowest BCUT2D eigenvalue weighted by atomic mass is 10.00. The quantitative estimate of drug-likeness (QED) is 0.699. The second kappa shape index (κ2) is 6.37. The first kappa shape index (κ1) is 15.7. The van der Waals surface area contributed by atoms with Gasteiger partial charge in [-0.15, -0.1) is 0 Å². The average molecular weight is 295 g/mol. The zero-order valence-electron chi connectivity index (χ0n) is 12.5. The normalized spacial score (nSPS) is 23.8. The molecule has 2 rings (SSSR count). The number of benzene rings is 1. The van der Waals surface area contributed by atoms with E-state index in [4.69, 9.17) is 0 Å². The highest BCUT2D eigenvalue weighted by Gasteiger charge is 2.34. The Bertz CT molecular complexity index is 573. The molecule has 0 N–H and O–H groups in total. The second-order valence-corrected chi connectivity index (χ2v) is 5.59. The molecule has 1 aliphatic heterocycles. The van der Waals surface area contributed by atoms with Crippen LogP contribution in [0, 0.1) is 17.6 Å². The van der Waals surface area contributed by atoms with E-state index in [1.54, 1.807) is 19.1 Å². The predicted octanol–water partition coefficient (Wildman–Crippen LogP) is 5.12. The minimum absolute atomic E-state index is 0.289. The Hall–Kier alpha value is -1.71. The summed E-state index contributed by atoms with van der Waals surface area (Å²) in [7, 11) is 0. The van der Waals surface area contributed by atoms with E-state index in [1.807, 2.05) is 11.8 Å². The average Bonchev–Trinajstić information content (AvgIpc) is 2.80. The monoisotopic (exact) mass is 295 g/mol. The molecule has 0 saturated carbocycles. The van der Waals surface area contributed by atoms with E-state index in [0.717, 1.165) is 12.1 Å². The van der Waals surface area contributed by atoms with Crippen molar-refractivity contribution in [3.05, 3.63) is 59.1 Å². The van der Waals surface area contributed by atoms with Gasteiger partial charge in [-0.2, -0.15) is 0 Å². The third-order valence-corrected chi connectivity index (χ3v) is 3.81. The van der Waals surface area contributed by atoms with Crippen LogP contribution in [0.1, 0.15) is 38.8 Å². The van der Waals surface area contributed by atoms with E-state index < -0.39 is 11.6 Å². The zero-order chi connectivity index (χ0) is 15.6. The lowest BCUT2D eigenvalue weighted by Gasteiger charge is -2.28. The summed E-state index contributed by atoms with van der Waals surface area (Å²) in [6.45, 7) is 5.85. The second-order valence-electron chi connectivity index (χ2n) is 5.59. The van der Waals surface area contributed by atoms with Gasteiger partial charge in [0.05, 0.1) is 11.7 Å². The Morgan fingerprint density at radius 2 is 2.05 bits per heavy atom. The van der Waals surface area contributed by atoms with Gasteiger partial charge in [0.1, 0.15) is 17.5 Å². The topological polar surface area (TPSA) is 3.24 Å². The molecule has 1 nitrogen and oxygen atoms in total. The third-order valence-electron chi connectivity index (χ3n) is 3.81. The van der Waals surface area contributed by atoms with Crippen LogP contribution in [0.4, 0.5) is 13.2 Å². The summed E-state index contributed by atoms with van der Waals surface area (Å²) in [5.41, 5.74) is 0.734. The molecule has 21 heavy (non-hydrogen) atoms. The third kappa shape index (κ3) is 3.31. The summed E-state index contributed by atoms with van der Waals surface area (Å²) < 4.78 is 41.3. The molecular weight excluding hydrogens is 275 g/mol. The van der Waals surface area contributed by atoms with E-state index in [9.17, 15) is 13.2 Å². The molecule has 1 aromatic carbocycles. The van der Waals surface area contributed by atoms with E-state index in [1.165, 1.54) is 13.0 Å². The molecule has 0 amide bonds. The summed E-state index contributed by atoms with van der Waals surface area (Å²) in [4.78, 5) is 1.83. The van der Waals surface area contributed by atoms with Gasteiger partial charge >= 0.3 is 0 Å². The molecule has 0 aromatic heterocycles. The van der Waals surface area contributed by atoms with Gasteiger partial charge in [-0.05, 0) is 50.5 Å². The number of hydrogen-bond donors (Lipinski definition) is 0. The Labute approximate surface area is 123 Å². The molecule has 0 radical (unpaired) electrons. The van der Waals surface area contributed by atoms with Crippen molar-refractivity contribution in [2.45, 2.75) is 33.2 Å². The van der Waals surface area contributed by atoms with Crippen molar-refractivity contribution in [2.75, 3.05) is 6.54 Å². The lowest BCUT2D eigenvalue weighted by Crippen LogP contribution is -2.24. The number of allylic oxidation sites excluding steroid dienone is 3. The van der Waals surface area contributed by atoms with E-state index >= 15 is 0 Å². The van der Waals surface area contributed by atoms with Crippen molar-refractivity contribution in [1.82, 2.24) is 4.90 Å². The Morgan fingerprint density at radius 3 is 2.67 bits per heavy atom. The molecule has 114 valence electrons. The van der Waals surface area contributed by atoms with Crippen LogP contribution in [-0.2, 0) is 0 Å². The standard InChI is InChI=1S/C17H20F3N/c1-4-5-16(12(3)18)21-10-11(2)8-17(21)14-9-13(19)6-7-15(14)20/h4-7,9,11,17H,8,10H2,1-3H3. The molecule has 0 spiro atoms. The first-order chi connectivity index (χ1) is 9.93. The maximum absolute atomic E-state index is 14.1. The summed E-state index contributed by atoms with van der Waals surface area (Å²) in [6, 6.07) is 3.11. The van der Waals surface area contributed by atoms with Crippen molar-refractivity contribution in [3.63, 3.8) is 0 Å². The van der Waals surface area contributed by atoms with Crippen molar-refractivity contribution in [3.8, 4) is 0 Å². The molecule has 1 saturated heterocycles. The molecule has 1 fully saturated rings. The van der Waals surface area contributed by atoms with Gasteiger partial charge in [-0.25, -0.2) is 13.2 Å². The van der Waals surface area contributed by atoms with E-state index in [0.29, 0.717) is 24.2 Å².